The van der Waals surface area contributed by atoms with Crippen molar-refractivity contribution in [2.75, 3.05) is 0 Å². The van der Waals surface area contributed by atoms with Crippen LogP contribution in [0.2, 0.25) is 0 Å². The first-order valence-electron chi connectivity index (χ1n) is 5.83. The Bertz CT molecular complexity index is 528. The molecular weight excluding hydrogens is 246 g/mol. The molecule has 0 aliphatic carbocycles. The van der Waals surface area contributed by atoms with Crippen LogP contribution in [0.1, 0.15) is 21.8 Å². The van der Waals surface area contributed by atoms with E-state index in [-0.39, 0.29) is 0 Å². The molecule has 0 spiro atoms. The van der Waals surface area contributed by atoms with Gasteiger partial charge < -0.3 is 5.32 Å². The predicted molar refractivity (Wildman–Crippen MR) is 72.4 cm³/mol. The molecule has 18 heavy (non-hydrogen) atoms. The highest BCUT2D eigenvalue weighted by molar-refractivity contribution is 7.05. The van der Waals surface area contributed by atoms with E-state index in [1.165, 1.54) is 22.0 Å². The van der Waals surface area contributed by atoms with Crippen LogP contribution in [0.4, 0.5) is 0 Å². The lowest BCUT2D eigenvalue weighted by atomic mass is 10.2. The normalized spacial score (nSPS) is 10.8. The SMILES string of the molecule is C=CCn1cc(CNCc2snnc2C)c(C)n1. The summed E-state index contributed by atoms with van der Waals surface area (Å²) in [5.41, 5.74) is 3.28. The molecule has 0 saturated carbocycles. The molecule has 0 bridgehead atoms. The molecule has 2 aromatic rings. The van der Waals surface area contributed by atoms with E-state index in [1.54, 1.807) is 0 Å². The standard InChI is InChI=1S/C12H17N5S/c1-4-5-17-8-11(9(2)15-17)6-13-7-12-10(3)14-16-18-12/h4,8,13H,1,5-7H2,2-3H3. The summed E-state index contributed by atoms with van der Waals surface area (Å²) in [6.45, 7) is 10.1. The van der Waals surface area contributed by atoms with Crippen molar-refractivity contribution in [2.24, 2.45) is 0 Å². The van der Waals surface area contributed by atoms with Gasteiger partial charge in [-0.3, -0.25) is 4.68 Å². The van der Waals surface area contributed by atoms with Gasteiger partial charge in [0.25, 0.3) is 0 Å². The van der Waals surface area contributed by atoms with E-state index in [4.69, 9.17) is 0 Å². The second-order valence-corrected chi connectivity index (χ2v) is 4.97. The van der Waals surface area contributed by atoms with Gasteiger partial charge in [0.1, 0.15) is 0 Å². The number of rotatable bonds is 6. The number of nitrogens with zero attached hydrogens (tertiary/aromatic N) is 4. The molecule has 0 unspecified atom stereocenters. The van der Waals surface area contributed by atoms with Gasteiger partial charge >= 0.3 is 0 Å². The molecule has 0 amide bonds. The molecule has 96 valence electrons. The van der Waals surface area contributed by atoms with Crippen molar-refractivity contribution in [3.8, 4) is 0 Å². The number of aromatic nitrogens is 4. The minimum absolute atomic E-state index is 0.749. The van der Waals surface area contributed by atoms with E-state index in [9.17, 15) is 0 Å². The topological polar surface area (TPSA) is 55.6 Å². The fourth-order valence-electron chi connectivity index (χ4n) is 1.68. The summed E-state index contributed by atoms with van der Waals surface area (Å²) in [5.74, 6) is 0. The van der Waals surface area contributed by atoms with Gasteiger partial charge in [0.2, 0.25) is 0 Å². The molecule has 2 heterocycles. The van der Waals surface area contributed by atoms with Gasteiger partial charge in [0.05, 0.1) is 22.8 Å². The second-order valence-electron chi connectivity index (χ2n) is 4.14. The Labute approximate surface area is 111 Å². The molecule has 0 aliphatic rings. The van der Waals surface area contributed by atoms with Crippen molar-refractivity contribution in [3.05, 3.63) is 40.7 Å². The zero-order valence-electron chi connectivity index (χ0n) is 10.7. The summed E-state index contributed by atoms with van der Waals surface area (Å²) in [5, 5.41) is 11.8. The zero-order valence-corrected chi connectivity index (χ0v) is 11.5. The average Bonchev–Trinajstić information content (AvgIpc) is 2.88. The summed E-state index contributed by atoms with van der Waals surface area (Å²) >= 11 is 1.44. The Hall–Kier alpha value is -1.53. The third-order valence-corrected chi connectivity index (χ3v) is 3.53. The van der Waals surface area contributed by atoms with E-state index in [1.807, 2.05) is 24.6 Å². The fourth-order valence-corrected chi connectivity index (χ4v) is 2.28. The highest BCUT2D eigenvalue weighted by atomic mass is 32.1. The van der Waals surface area contributed by atoms with Gasteiger partial charge in [-0.15, -0.1) is 11.7 Å². The van der Waals surface area contributed by atoms with E-state index in [0.29, 0.717) is 0 Å². The maximum absolute atomic E-state index is 4.42. The summed E-state index contributed by atoms with van der Waals surface area (Å²) in [6.07, 6.45) is 3.90. The quantitative estimate of drug-likeness (QED) is 0.808. The number of allylic oxidation sites excluding steroid dienone is 1. The van der Waals surface area contributed by atoms with Gasteiger partial charge in [-0.1, -0.05) is 10.6 Å². The smallest absolute Gasteiger partial charge is 0.0769 e. The third kappa shape index (κ3) is 3.02. The first kappa shape index (κ1) is 12.9. The molecule has 2 rings (SSSR count). The van der Waals surface area contributed by atoms with Gasteiger partial charge in [0.15, 0.2) is 0 Å². The van der Waals surface area contributed by atoms with Gasteiger partial charge in [-0.05, 0) is 25.4 Å². The highest BCUT2D eigenvalue weighted by Crippen LogP contribution is 2.10. The van der Waals surface area contributed by atoms with Crippen LogP contribution >= 0.6 is 11.5 Å². The fraction of sp³-hybridized carbons (Fsp3) is 0.417. The Morgan fingerprint density at radius 2 is 2.22 bits per heavy atom. The van der Waals surface area contributed by atoms with Crippen molar-refractivity contribution in [2.45, 2.75) is 33.5 Å². The molecule has 1 N–H and O–H groups in total. The van der Waals surface area contributed by atoms with E-state index in [2.05, 4.69) is 32.8 Å². The van der Waals surface area contributed by atoms with Crippen molar-refractivity contribution >= 4 is 11.5 Å². The molecule has 5 nitrogen and oxygen atoms in total. The Morgan fingerprint density at radius 3 is 2.89 bits per heavy atom. The van der Waals surface area contributed by atoms with Gasteiger partial charge in [-0.2, -0.15) is 5.10 Å². The molecule has 0 aliphatic heterocycles. The van der Waals surface area contributed by atoms with Crippen LogP contribution in [0, 0.1) is 13.8 Å². The van der Waals surface area contributed by atoms with Crippen LogP contribution in [0.5, 0.6) is 0 Å². The number of nitrogens with one attached hydrogen (secondary N) is 1. The maximum atomic E-state index is 4.42. The largest absolute Gasteiger partial charge is 0.308 e. The molecule has 0 aromatic carbocycles. The Balaban J connectivity index is 1.90. The predicted octanol–water partition coefficient (Wildman–Crippen LogP) is 1.83. The van der Waals surface area contributed by atoms with E-state index < -0.39 is 0 Å². The van der Waals surface area contributed by atoms with Crippen LogP contribution in [-0.2, 0) is 19.6 Å². The van der Waals surface area contributed by atoms with Gasteiger partial charge in [0, 0.05) is 24.8 Å². The first-order chi connectivity index (χ1) is 8.70. The van der Waals surface area contributed by atoms with Crippen LogP contribution < -0.4 is 5.32 Å². The lowest BCUT2D eigenvalue weighted by Gasteiger charge is -2.01. The summed E-state index contributed by atoms with van der Waals surface area (Å²) in [7, 11) is 0. The van der Waals surface area contributed by atoms with E-state index in [0.717, 1.165) is 31.0 Å². The minimum Gasteiger partial charge on any atom is -0.308 e. The summed E-state index contributed by atoms with van der Waals surface area (Å²) < 4.78 is 5.82. The monoisotopic (exact) mass is 263 g/mol. The van der Waals surface area contributed by atoms with Crippen molar-refractivity contribution in [3.63, 3.8) is 0 Å². The lowest BCUT2D eigenvalue weighted by Crippen LogP contribution is -2.12. The molecule has 6 heteroatoms. The Kier molecular flexibility index (Phi) is 4.22. The molecule has 0 saturated heterocycles. The van der Waals surface area contributed by atoms with Gasteiger partial charge in [-0.25, -0.2) is 0 Å². The zero-order chi connectivity index (χ0) is 13.0. The Morgan fingerprint density at radius 1 is 1.39 bits per heavy atom. The van der Waals surface area contributed by atoms with Crippen LogP contribution in [0.3, 0.4) is 0 Å². The molecule has 0 radical (unpaired) electrons. The third-order valence-electron chi connectivity index (χ3n) is 2.71. The van der Waals surface area contributed by atoms with Crippen LogP contribution in [0.15, 0.2) is 18.9 Å². The molecule has 2 aromatic heterocycles. The van der Waals surface area contributed by atoms with Crippen LogP contribution in [0.25, 0.3) is 0 Å². The highest BCUT2D eigenvalue weighted by Gasteiger charge is 2.06. The first-order valence-corrected chi connectivity index (χ1v) is 6.60. The lowest BCUT2D eigenvalue weighted by molar-refractivity contribution is 0.687. The van der Waals surface area contributed by atoms with Crippen molar-refractivity contribution in [1.82, 2.24) is 24.7 Å². The number of hydrogen-bond acceptors (Lipinski definition) is 5. The molecular formula is C12H17N5S. The van der Waals surface area contributed by atoms with Crippen LogP contribution in [-0.4, -0.2) is 19.4 Å². The summed E-state index contributed by atoms with van der Waals surface area (Å²) in [4.78, 5) is 1.19. The minimum atomic E-state index is 0.749. The average molecular weight is 263 g/mol. The number of aryl methyl sites for hydroxylation is 2. The molecule has 0 atom stereocenters. The van der Waals surface area contributed by atoms with Crippen molar-refractivity contribution in [1.29, 1.82) is 0 Å². The summed E-state index contributed by atoms with van der Waals surface area (Å²) in [6, 6.07) is 0. The number of hydrogen-bond donors (Lipinski definition) is 1. The maximum Gasteiger partial charge on any atom is 0.0769 e. The second kappa shape index (κ2) is 5.88. The molecule has 0 fully saturated rings. The van der Waals surface area contributed by atoms with Crippen molar-refractivity contribution < 1.29 is 0 Å². The van der Waals surface area contributed by atoms with E-state index >= 15 is 0 Å².